The average molecular weight is 339 g/mol. The highest BCUT2D eigenvalue weighted by atomic mass is 35.5. The maximum atomic E-state index is 9.71. The summed E-state index contributed by atoms with van der Waals surface area (Å²) in [5, 5.41) is 27.1. The van der Waals surface area contributed by atoms with Gasteiger partial charge in [0.25, 0.3) is 0 Å². The first-order valence-electron chi connectivity index (χ1n) is 7.01. The van der Waals surface area contributed by atoms with Crippen LogP contribution in [0.15, 0.2) is 30.3 Å². The number of nitrogens with one attached hydrogen (secondary N) is 2. The van der Waals surface area contributed by atoms with Crippen molar-refractivity contribution >= 4 is 28.9 Å². The van der Waals surface area contributed by atoms with Crippen LogP contribution in [0.3, 0.4) is 0 Å². The summed E-state index contributed by atoms with van der Waals surface area (Å²) in [6.45, 7) is 1.46. The standard InChI is InChI=1S/C16H16Cl2N2O2/c17-12-2-1-10(6-13(12)18)20-8-14-11-7-16(22)15(21)5-9(11)3-4-19-14/h1-2,5-7,14,19-22H,3-4,8H2. The molecule has 1 atom stereocenters. The Kier molecular flexibility index (Phi) is 4.34. The summed E-state index contributed by atoms with van der Waals surface area (Å²) in [4.78, 5) is 0. The van der Waals surface area contributed by atoms with Gasteiger partial charge in [0.15, 0.2) is 11.5 Å². The van der Waals surface area contributed by atoms with E-state index in [1.807, 2.05) is 6.07 Å². The Morgan fingerprint density at radius 2 is 1.86 bits per heavy atom. The van der Waals surface area contributed by atoms with Crippen molar-refractivity contribution in [3.05, 3.63) is 51.5 Å². The van der Waals surface area contributed by atoms with Crippen LogP contribution in [-0.4, -0.2) is 23.3 Å². The lowest BCUT2D eigenvalue weighted by atomic mass is 9.93. The highest BCUT2D eigenvalue weighted by molar-refractivity contribution is 6.42. The highest BCUT2D eigenvalue weighted by Gasteiger charge is 2.21. The maximum Gasteiger partial charge on any atom is 0.157 e. The molecule has 1 aliphatic rings. The van der Waals surface area contributed by atoms with Crippen LogP contribution in [0, 0.1) is 0 Å². The molecule has 116 valence electrons. The predicted molar refractivity (Wildman–Crippen MR) is 89.2 cm³/mol. The molecule has 3 rings (SSSR count). The van der Waals surface area contributed by atoms with E-state index in [1.165, 1.54) is 0 Å². The number of phenols is 2. The molecule has 1 unspecified atom stereocenters. The third-order valence-electron chi connectivity index (χ3n) is 3.83. The van der Waals surface area contributed by atoms with Gasteiger partial charge in [-0.05, 0) is 54.4 Å². The second kappa shape index (κ2) is 6.24. The molecule has 4 nitrogen and oxygen atoms in total. The number of fused-ring (bicyclic) bond motifs is 1. The van der Waals surface area contributed by atoms with Gasteiger partial charge in [0.1, 0.15) is 0 Å². The predicted octanol–water partition coefficient (Wildman–Crippen LogP) is 3.70. The number of rotatable bonds is 3. The molecule has 0 aromatic heterocycles. The molecule has 0 saturated heterocycles. The third kappa shape index (κ3) is 3.09. The first kappa shape index (κ1) is 15.3. The average Bonchev–Trinajstić information content (AvgIpc) is 2.50. The van der Waals surface area contributed by atoms with Gasteiger partial charge in [-0.2, -0.15) is 0 Å². The van der Waals surface area contributed by atoms with Crippen LogP contribution in [0.2, 0.25) is 10.0 Å². The molecule has 0 fully saturated rings. The first-order valence-corrected chi connectivity index (χ1v) is 7.77. The molecule has 1 heterocycles. The summed E-state index contributed by atoms with van der Waals surface area (Å²) in [7, 11) is 0. The quantitative estimate of drug-likeness (QED) is 0.644. The number of phenolic OH excluding ortho intramolecular Hbond substituents is 2. The van der Waals surface area contributed by atoms with Crippen LogP contribution in [0.25, 0.3) is 0 Å². The topological polar surface area (TPSA) is 64.5 Å². The summed E-state index contributed by atoms with van der Waals surface area (Å²) in [6, 6.07) is 8.70. The van der Waals surface area contributed by atoms with E-state index in [0.29, 0.717) is 16.6 Å². The summed E-state index contributed by atoms with van der Waals surface area (Å²) < 4.78 is 0. The molecule has 4 N–H and O–H groups in total. The Labute approximate surface area is 138 Å². The van der Waals surface area contributed by atoms with Crippen molar-refractivity contribution in [2.75, 3.05) is 18.4 Å². The normalized spacial score (nSPS) is 17.1. The van der Waals surface area contributed by atoms with Crippen LogP contribution in [-0.2, 0) is 6.42 Å². The largest absolute Gasteiger partial charge is 0.504 e. The summed E-state index contributed by atoms with van der Waals surface area (Å²) in [5.74, 6) is -0.168. The zero-order valence-corrected chi connectivity index (χ0v) is 13.2. The van der Waals surface area contributed by atoms with Crippen molar-refractivity contribution in [2.24, 2.45) is 0 Å². The van der Waals surface area contributed by atoms with Gasteiger partial charge in [-0.15, -0.1) is 0 Å². The number of anilines is 1. The van der Waals surface area contributed by atoms with E-state index in [-0.39, 0.29) is 17.5 Å². The summed E-state index contributed by atoms with van der Waals surface area (Å²) in [5.41, 5.74) is 2.93. The maximum absolute atomic E-state index is 9.71. The Morgan fingerprint density at radius 3 is 2.64 bits per heavy atom. The Hall–Kier alpha value is -1.62. The zero-order valence-electron chi connectivity index (χ0n) is 11.7. The zero-order chi connectivity index (χ0) is 15.7. The number of benzene rings is 2. The van der Waals surface area contributed by atoms with E-state index in [1.54, 1.807) is 24.3 Å². The van der Waals surface area contributed by atoms with Crippen LogP contribution >= 0.6 is 23.2 Å². The Bertz CT molecular complexity index is 707. The van der Waals surface area contributed by atoms with Gasteiger partial charge in [0.2, 0.25) is 0 Å². The first-order chi connectivity index (χ1) is 10.5. The fourth-order valence-corrected chi connectivity index (χ4v) is 2.97. The molecular weight excluding hydrogens is 323 g/mol. The minimum absolute atomic E-state index is 0.0460. The molecule has 1 aliphatic heterocycles. The number of hydrogen-bond acceptors (Lipinski definition) is 4. The molecule has 6 heteroatoms. The summed E-state index contributed by atoms with van der Waals surface area (Å²) >= 11 is 11.9. The van der Waals surface area contributed by atoms with E-state index in [0.717, 1.165) is 29.8 Å². The SMILES string of the molecule is Oc1cc2c(cc1O)C(CNc1ccc(Cl)c(Cl)c1)NCC2. The minimum atomic E-state index is -0.0954. The lowest BCUT2D eigenvalue weighted by Crippen LogP contribution is -2.34. The van der Waals surface area contributed by atoms with Crippen molar-refractivity contribution in [2.45, 2.75) is 12.5 Å². The Balaban J connectivity index is 1.77. The monoisotopic (exact) mass is 338 g/mol. The third-order valence-corrected chi connectivity index (χ3v) is 4.57. The van der Waals surface area contributed by atoms with E-state index < -0.39 is 0 Å². The minimum Gasteiger partial charge on any atom is -0.504 e. The van der Waals surface area contributed by atoms with E-state index in [9.17, 15) is 10.2 Å². The van der Waals surface area contributed by atoms with Crippen molar-refractivity contribution in [1.82, 2.24) is 5.32 Å². The van der Waals surface area contributed by atoms with Crippen LogP contribution in [0.5, 0.6) is 11.5 Å². The van der Waals surface area contributed by atoms with Gasteiger partial charge in [0.05, 0.1) is 10.0 Å². The molecule has 0 bridgehead atoms. The smallest absolute Gasteiger partial charge is 0.157 e. The Morgan fingerprint density at radius 1 is 1.09 bits per heavy atom. The molecule has 0 saturated carbocycles. The van der Waals surface area contributed by atoms with Crippen LogP contribution in [0.1, 0.15) is 17.2 Å². The second-order valence-corrected chi connectivity index (χ2v) is 6.12. The number of aromatic hydroxyl groups is 2. The van der Waals surface area contributed by atoms with Crippen molar-refractivity contribution < 1.29 is 10.2 Å². The van der Waals surface area contributed by atoms with Gasteiger partial charge in [-0.25, -0.2) is 0 Å². The molecular formula is C16H16Cl2N2O2. The molecule has 22 heavy (non-hydrogen) atoms. The lowest BCUT2D eigenvalue weighted by Gasteiger charge is -2.28. The van der Waals surface area contributed by atoms with Gasteiger partial charge < -0.3 is 20.8 Å². The van der Waals surface area contributed by atoms with Crippen molar-refractivity contribution in [1.29, 1.82) is 0 Å². The van der Waals surface area contributed by atoms with Gasteiger partial charge >= 0.3 is 0 Å². The van der Waals surface area contributed by atoms with Crippen LogP contribution < -0.4 is 10.6 Å². The molecule has 2 aromatic carbocycles. The number of hydrogen-bond donors (Lipinski definition) is 4. The fraction of sp³-hybridized carbons (Fsp3) is 0.250. The lowest BCUT2D eigenvalue weighted by molar-refractivity contribution is 0.399. The molecule has 0 radical (unpaired) electrons. The number of halogens is 2. The van der Waals surface area contributed by atoms with Gasteiger partial charge in [-0.3, -0.25) is 0 Å². The van der Waals surface area contributed by atoms with E-state index in [2.05, 4.69) is 10.6 Å². The highest BCUT2D eigenvalue weighted by Crippen LogP contribution is 2.34. The molecule has 0 aliphatic carbocycles. The molecule has 2 aromatic rings. The van der Waals surface area contributed by atoms with Gasteiger partial charge in [0, 0.05) is 18.3 Å². The molecule has 0 amide bonds. The van der Waals surface area contributed by atoms with E-state index in [4.69, 9.17) is 23.2 Å². The second-order valence-electron chi connectivity index (χ2n) is 5.31. The van der Waals surface area contributed by atoms with Crippen molar-refractivity contribution in [3.8, 4) is 11.5 Å². The van der Waals surface area contributed by atoms with Crippen molar-refractivity contribution in [3.63, 3.8) is 0 Å². The van der Waals surface area contributed by atoms with E-state index >= 15 is 0 Å². The summed E-state index contributed by atoms with van der Waals surface area (Å²) in [6.07, 6.45) is 0.826. The molecule has 0 spiro atoms. The van der Waals surface area contributed by atoms with Crippen LogP contribution in [0.4, 0.5) is 5.69 Å². The fourth-order valence-electron chi connectivity index (χ4n) is 2.68. The van der Waals surface area contributed by atoms with Gasteiger partial charge in [-0.1, -0.05) is 23.2 Å².